The summed E-state index contributed by atoms with van der Waals surface area (Å²) in [5.74, 6) is 1.51. The first-order chi connectivity index (χ1) is 12.0. The van der Waals surface area contributed by atoms with Gasteiger partial charge in [-0.2, -0.15) is 5.10 Å². The van der Waals surface area contributed by atoms with E-state index in [4.69, 9.17) is 0 Å². The maximum Gasteiger partial charge on any atom is 0.254 e. The zero-order chi connectivity index (χ0) is 17.8. The van der Waals surface area contributed by atoms with Crippen LogP contribution in [0.1, 0.15) is 67.2 Å². The summed E-state index contributed by atoms with van der Waals surface area (Å²) in [7, 11) is 0. The number of aryl methyl sites for hydroxylation is 2. The van der Waals surface area contributed by atoms with E-state index >= 15 is 0 Å². The Morgan fingerprint density at radius 2 is 2.04 bits per heavy atom. The second-order valence-corrected chi connectivity index (χ2v) is 6.81. The van der Waals surface area contributed by atoms with Crippen LogP contribution in [0.15, 0.2) is 10.9 Å². The minimum atomic E-state index is -0.169. The second kappa shape index (κ2) is 7.63. The van der Waals surface area contributed by atoms with Crippen molar-refractivity contribution < 1.29 is 4.79 Å². The van der Waals surface area contributed by atoms with E-state index < -0.39 is 0 Å². The van der Waals surface area contributed by atoms with Crippen LogP contribution in [0, 0.1) is 13.8 Å². The Morgan fingerprint density at radius 3 is 2.76 bits per heavy atom. The summed E-state index contributed by atoms with van der Waals surface area (Å²) in [4.78, 5) is 31.1. The van der Waals surface area contributed by atoms with Crippen LogP contribution in [0.4, 0.5) is 5.82 Å². The van der Waals surface area contributed by atoms with Crippen LogP contribution in [0.25, 0.3) is 0 Å². The topological polar surface area (TPSA) is 104 Å². The monoisotopic (exact) mass is 343 g/mol. The molecule has 25 heavy (non-hydrogen) atoms. The molecule has 1 fully saturated rings. The minimum absolute atomic E-state index is 0.152. The lowest BCUT2D eigenvalue weighted by atomic mass is 9.87. The average molecular weight is 343 g/mol. The van der Waals surface area contributed by atoms with Crippen molar-refractivity contribution in [2.45, 2.75) is 64.7 Å². The summed E-state index contributed by atoms with van der Waals surface area (Å²) in [5.41, 5.74) is 2.17. The van der Waals surface area contributed by atoms with Crippen molar-refractivity contribution in [2.75, 3.05) is 5.32 Å². The Kier molecular flexibility index (Phi) is 5.31. The summed E-state index contributed by atoms with van der Waals surface area (Å²) in [6.07, 6.45) is 6.75. The number of H-pyrrole nitrogens is 2. The summed E-state index contributed by atoms with van der Waals surface area (Å²) in [6.45, 7) is 3.53. The van der Waals surface area contributed by atoms with Gasteiger partial charge in [-0.15, -0.1) is 0 Å². The van der Waals surface area contributed by atoms with Gasteiger partial charge in [0, 0.05) is 35.4 Å². The second-order valence-electron chi connectivity index (χ2n) is 6.81. The summed E-state index contributed by atoms with van der Waals surface area (Å²) in [5, 5.41) is 10.1. The maximum absolute atomic E-state index is 12.2. The minimum Gasteiger partial charge on any atom is -0.311 e. The van der Waals surface area contributed by atoms with Crippen molar-refractivity contribution in [2.24, 2.45) is 0 Å². The van der Waals surface area contributed by atoms with E-state index in [9.17, 15) is 9.59 Å². The van der Waals surface area contributed by atoms with E-state index in [1.807, 2.05) is 6.07 Å². The molecule has 7 heteroatoms. The lowest BCUT2D eigenvalue weighted by Crippen LogP contribution is -2.20. The quantitative estimate of drug-likeness (QED) is 0.776. The highest BCUT2D eigenvalue weighted by molar-refractivity contribution is 5.89. The molecule has 0 unspecified atom stereocenters. The highest BCUT2D eigenvalue weighted by Gasteiger charge is 2.18. The molecule has 1 amide bonds. The van der Waals surface area contributed by atoms with Crippen LogP contribution in [-0.2, 0) is 11.2 Å². The Bertz CT molecular complexity index is 802. The molecule has 0 atom stereocenters. The van der Waals surface area contributed by atoms with Gasteiger partial charge in [-0.25, -0.2) is 4.98 Å². The Hall–Kier alpha value is -2.44. The Labute approximate surface area is 146 Å². The number of nitrogens with zero attached hydrogens (tertiary/aromatic N) is 2. The molecule has 134 valence electrons. The van der Waals surface area contributed by atoms with Gasteiger partial charge in [-0.1, -0.05) is 19.3 Å². The van der Waals surface area contributed by atoms with Crippen LogP contribution < -0.4 is 10.9 Å². The molecule has 0 aliphatic heterocycles. The Balaban J connectivity index is 1.56. The molecule has 1 saturated carbocycles. The fraction of sp³-hybridized carbons (Fsp3) is 0.556. The van der Waals surface area contributed by atoms with Gasteiger partial charge in [0.15, 0.2) is 5.82 Å². The fourth-order valence-electron chi connectivity index (χ4n) is 3.51. The molecule has 2 aromatic rings. The number of aromatic nitrogens is 4. The number of anilines is 1. The number of nitrogens with one attached hydrogen (secondary N) is 3. The molecule has 0 radical (unpaired) electrons. The number of carbonyl (C=O) groups is 1. The van der Waals surface area contributed by atoms with E-state index in [-0.39, 0.29) is 17.9 Å². The van der Waals surface area contributed by atoms with Crippen molar-refractivity contribution in [3.8, 4) is 0 Å². The predicted octanol–water partition coefficient (Wildman–Crippen LogP) is 2.73. The van der Waals surface area contributed by atoms with Crippen molar-refractivity contribution >= 4 is 11.7 Å². The molecule has 1 aliphatic rings. The maximum atomic E-state index is 12.2. The van der Waals surface area contributed by atoms with Crippen molar-refractivity contribution in [1.82, 2.24) is 20.2 Å². The largest absolute Gasteiger partial charge is 0.311 e. The third-order valence-corrected chi connectivity index (χ3v) is 4.85. The molecule has 0 saturated heterocycles. The molecule has 2 aromatic heterocycles. The zero-order valence-electron chi connectivity index (χ0n) is 14.8. The van der Waals surface area contributed by atoms with Crippen LogP contribution in [-0.4, -0.2) is 26.1 Å². The van der Waals surface area contributed by atoms with Crippen LogP contribution in [0.2, 0.25) is 0 Å². The number of aromatic amines is 2. The van der Waals surface area contributed by atoms with Crippen LogP contribution in [0.5, 0.6) is 0 Å². The number of amides is 1. The summed E-state index contributed by atoms with van der Waals surface area (Å²) < 4.78 is 0. The molecule has 1 aliphatic carbocycles. The average Bonchev–Trinajstić information content (AvgIpc) is 3.03. The van der Waals surface area contributed by atoms with E-state index in [1.165, 1.54) is 32.1 Å². The third kappa shape index (κ3) is 4.35. The molecule has 0 bridgehead atoms. The number of rotatable bonds is 5. The summed E-state index contributed by atoms with van der Waals surface area (Å²) >= 11 is 0. The molecule has 7 nitrogen and oxygen atoms in total. The van der Waals surface area contributed by atoms with Gasteiger partial charge in [0.1, 0.15) is 5.82 Å². The first-order valence-corrected chi connectivity index (χ1v) is 8.94. The van der Waals surface area contributed by atoms with Gasteiger partial charge in [0.25, 0.3) is 5.56 Å². The van der Waals surface area contributed by atoms with Gasteiger partial charge in [0.05, 0.1) is 0 Å². The zero-order valence-corrected chi connectivity index (χ0v) is 14.8. The van der Waals surface area contributed by atoms with Gasteiger partial charge < -0.3 is 10.3 Å². The SMILES string of the molecule is Cc1nc(C)c(CCC(=O)Nc2cc(C3CCCCC3)[nH]n2)c(=O)[nH]1. The highest BCUT2D eigenvalue weighted by atomic mass is 16.1. The standard InChI is InChI=1S/C18H25N5O2/c1-11-14(18(25)20-12(2)19-11)8-9-17(24)21-16-10-15(22-23-16)13-6-4-3-5-7-13/h10,13H,3-9H2,1-2H3,(H,19,20,25)(H2,21,22,23,24). The lowest BCUT2D eigenvalue weighted by molar-refractivity contribution is -0.116. The molecule has 3 N–H and O–H groups in total. The summed E-state index contributed by atoms with van der Waals surface area (Å²) in [6, 6.07) is 1.93. The van der Waals surface area contributed by atoms with Crippen molar-refractivity contribution in [3.63, 3.8) is 0 Å². The first-order valence-electron chi connectivity index (χ1n) is 8.94. The van der Waals surface area contributed by atoms with Crippen LogP contribution in [0.3, 0.4) is 0 Å². The fourth-order valence-corrected chi connectivity index (χ4v) is 3.51. The van der Waals surface area contributed by atoms with Crippen LogP contribution >= 0.6 is 0 Å². The molecule has 0 spiro atoms. The third-order valence-electron chi connectivity index (χ3n) is 4.85. The number of hydrogen-bond acceptors (Lipinski definition) is 4. The van der Waals surface area contributed by atoms with Gasteiger partial charge >= 0.3 is 0 Å². The molecular weight excluding hydrogens is 318 g/mol. The highest BCUT2D eigenvalue weighted by Crippen LogP contribution is 2.32. The smallest absolute Gasteiger partial charge is 0.254 e. The molecule has 3 rings (SSSR count). The molecule has 0 aromatic carbocycles. The lowest BCUT2D eigenvalue weighted by Gasteiger charge is -2.19. The van der Waals surface area contributed by atoms with Gasteiger partial charge in [-0.3, -0.25) is 14.7 Å². The van der Waals surface area contributed by atoms with E-state index in [1.54, 1.807) is 13.8 Å². The van der Waals surface area contributed by atoms with Crippen molar-refractivity contribution in [3.05, 3.63) is 39.2 Å². The predicted molar refractivity (Wildman–Crippen MR) is 95.7 cm³/mol. The van der Waals surface area contributed by atoms with E-state index in [0.29, 0.717) is 35.2 Å². The van der Waals surface area contributed by atoms with Gasteiger partial charge in [-0.05, 0) is 33.1 Å². The van der Waals surface area contributed by atoms with E-state index in [2.05, 4.69) is 25.5 Å². The first kappa shape index (κ1) is 17.4. The number of carbonyl (C=O) groups excluding carboxylic acids is 1. The molecular formula is C18H25N5O2. The van der Waals surface area contributed by atoms with Gasteiger partial charge in [0.2, 0.25) is 5.91 Å². The van der Waals surface area contributed by atoms with Crippen molar-refractivity contribution in [1.29, 1.82) is 0 Å². The normalized spacial score (nSPS) is 15.3. The Morgan fingerprint density at radius 1 is 1.28 bits per heavy atom. The van der Waals surface area contributed by atoms with E-state index in [0.717, 1.165) is 5.69 Å². The molecule has 2 heterocycles. The number of hydrogen-bond donors (Lipinski definition) is 3.